The highest BCUT2D eigenvalue weighted by Gasteiger charge is 2.20. The van der Waals surface area contributed by atoms with Gasteiger partial charge in [0.05, 0.1) is 23.7 Å². The smallest absolute Gasteiger partial charge is 0.169 e. The van der Waals surface area contributed by atoms with E-state index >= 15 is 0 Å². The Labute approximate surface area is 105 Å². The average Bonchev–Trinajstić information content (AvgIpc) is 2.26. The van der Waals surface area contributed by atoms with Gasteiger partial charge >= 0.3 is 0 Å². The van der Waals surface area contributed by atoms with Gasteiger partial charge in [-0.3, -0.25) is 0 Å². The summed E-state index contributed by atoms with van der Waals surface area (Å²) < 4.78 is 19.0. The summed E-state index contributed by atoms with van der Waals surface area (Å²) in [6.07, 6.45) is 0. The van der Waals surface area contributed by atoms with E-state index in [9.17, 15) is 4.39 Å². The zero-order chi connectivity index (χ0) is 13.2. The Balaban J connectivity index is 3.17. The molecule has 1 rings (SSSR count). The van der Waals surface area contributed by atoms with Crippen LogP contribution in [0.5, 0.6) is 0 Å². The van der Waals surface area contributed by atoms with Gasteiger partial charge in [-0.15, -0.1) is 0 Å². The van der Waals surface area contributed by atoms with E-state index in [2.05, 4.69) is 0 Å². The van der Waals surface area contributed by atoms with Crippen LogP contribution in [0.3, 0.4) is 0 Å². The third-order valence-corrected chi connectivity index (χ3v) is 3.04. The van der Waals surface area contributed by atoms with Crippen molar-refractivity contribution >= 4 is 28.7 Å². The van der Waals surface area contributed by atoms with Crippen LogP contribution in [0.1, 0.15) is 6.92 Å². The van der Waals surface area contributed by atoms with Gasteiger partial charge in [-0.25, -0.2) is 4.39 Å². The number of methoxy groups -OCH3 is 1. The maximum absolute atomic E-state index is 14.0. The Kier molecular flexibility index (Phi) is 4.42. The van der Waals surface area contributed by atoms with Gasteiger partial charge in [-0.1, -0.05) is 11.6 Å². The highest BCUT2D eigenvalue weighted by molar-refractivity contribution is 6.33. The summed E-state index contributed by atoms with van der Waals surface area (Å²) in [6.45, 7) is 2.35. The molecule has 0 bridgehead atoms. The first-order chi connectivity index (χ1) is 7.90. The summed E-state index contributed by atoms with van der Waals surface area (Å²) in [5, 5.41) is -0.106. The van der Waals surface area contributed by atoms with Crippen molar-refractivity contribution in [1.82, 2.24) is 0 Å². The number of anilines is 3. The molecule has 0 heterocycles. The predicted octanol–water partition coefficient (Wildman–Crippen LogP) is 2.11. The molecular weight excluding hydrogens is 245 g/mol. The van der Waals surface area contributed by atoms with Gasteiger partial charge in [0.1, 0.15) is 5.02 Å². The number of ether oxygens (including phenoxy) is 1. The second-order valence-corrected chi connectivity index (χ2v) is 4.32. The first kappa shape index (κ1) is 13.9. The molecular formula is C11H17ClFN3O. The molecule has 4 N–H and O–H groups in total. The van der Waals surface area contributed by atoms with E-state index in [1.54, 1.807) is 19.1 Å². The molecule has 0 amide bonds. The first-order valence-corrected chi connectivity index (χ1v) is 5.52. The summed E-state index contributed by atoms with van der Waals surface area (Å²) in [4.78, 5) is 1.68. The molecule has 17 heavy (non-hydrogen) atoms. The van der Waals surface area contributed by atoms with Crippen LogP contribution in [0, 0.1) is 5.82 Å². The lowest BCUT2D eigenvalue weighted by Crippen LogP contribution is -2.34. The molecule has 0 aliphatic rings. The molecule has 0 aliphatic heterocycles. The molecule has 1 aromatic carbocycles. The SMILES string of the molecule is COCC(C)N(C)c1c(N)cc(N)c(Cl)c1F. The normalized spacial score (nSPS) is 12.5. The Morgan fingerprint density at radius 3 is 2.59 bits per heavy atom. The number of rotatable bonds is 4. The van der Waals surface area contributed by atoms with Crippen molar-refractivity contribution in [3.63, 3.8) is 0 Å². The van der Waals surface area contributed by atoms with Crippen molar-refractivity contribution in [2.75, 3.05) is 37.1 Å². The maximum atomic E-state index is 14.0. The van der Waals surface area contributed by atoms with Gasteiger partial charge in [0.2, 0.25) is 0 Å². The molecule has 0 radical (unpaired) electrons. The summed E-state index contributed by atoms with van der Waals surface area (Å²) in [7, 11) is 3.31. The average molecular weight is 262 g/mol. The van der Waals surface area contributed by atoms with Gasteiger partial charge in [0, 0.05) is 20.2 Å². The molecule has 1 atom stereocenters. The fourth-order valence-electron chi connectivity index (χ4n) is 1.59. The number of nitrogens with zero attached hydrogens (tertiary/aromatic N) is 1. The molecule has 0 saturated heterocycles. The quantitative estimate of drug-likeness (QED) is 0.815. The van der Waals surface area contributed by atoms with E-state index in [0.717, 1.165) is 0 Å². The summed E-state index contributed by atoms with van der Waals surface area (Å²) in [5.74, 6) is -0.602. The Bertz CT molecular complexity index is 414. The minimum atomic E-state index is -0.602. The van der Waals surface area contributed by atoms with E-state index in [-0.39, 0.29) is 28.1 Å². The van der Waals surface area contributed by atoms with Crippen LogP contribution in [0.4, 0.5) is 21.5 Å². The number of hydrogen-bond acceptors (Lipinski definition) is 4. The van der Waals surface area contributed by atoms with Crippen molar-refractivity contribution in [2.24, 2.45) is 0 Å². The zero-order valence-corrected chi connectivity index (χ0v) is 10.9. The lowest BCUT2D eigenvalue weighted by molar-refractivity contribution is 0.183. The number of nitrogen functional groups attached to an aromatic ring is 2. The molecule has 0 fully saturated rings. The monoisotopic (exact) mass is 261 g/mol. The minimum absolute atomic E-state index is 0.0310. The minimum Gasteiger partial charge on any atom is -0.397 e. The van der Waals surface area contributed by atoms with Gasteiger partial charge in [0.15, 0.2) is 5.82 Å². The molecule has 0 spiro atoms. The second kappa shape index (κ2) is 5.42. The van der Waals surface area contributed by atoms with Gasteiger partial charge < -0.3 is 21.1 Å². The number of hydrogen-bond donors (Lipinski definition) is 2. The Hall–Kier alpha value is -1.20. The summed E-state index contributed by atoms with van der Waals surface area (Å²) in [6, 6.07) is 1.42. The van der Waals surface area contributed by atoms with E-state index in [1.807, 2.05) is 6.92 Å². The van der Waals surface area contributed by atoms with E-state index < -0.39 is 5.82 Å². The largest absolute Gasteiger partial charge is 0.397 e. The van der Waals surface area contributed by atoms with Crippen LogP contribution in [0.15, 0.2) is 6.07 Å². The molecule has 0 aliphatic carbocycles. The number of likely N-dealkylation sites (N-methyl/N-ethyl adjacent to an activating group) is 1. The highest BCUT2D eigenvalue weighted by atomic mass is 35.5. The van der Waals surface area contributed by atoms with E-state index in [4.69, 9.17) is 27.8 Å². The first-order valence-electron chi connectivity index (χ1n) is 5.14. The Morgan fingerprint density at radius 2 is 2.06 bits per heavy atom. The molecule has 0 saturated carbocycles. The maximum Gasteiger partial charge on any atom is 0.169 e. The number of nitrogens with two attached hydrogens (primary N) is 2. The summed E-state index contributed by atoms with van der Waals surface area (Å²) in [5.41, 5.74) is 11.9. The second-order valence-electron chi connectivity index (χ2n) is 3.95. The highest BCUT2D eigenvalue weighted by Crippen LogP contribution is 2.36. The van der Waals surface area contributed by atoms with Crippen molar-refractivity contribution < 1.29 is 9.13 Å². The fraction of sp³-hybridized carbons (Fsp3) is 0.455. The Morgan fingerprint density at radius 1 is 1.47 bits per heavy atom. The molecule has 96 valence electrons. The molecule has 1 aromatic rings. The number of benzene rings is 1. The lowest BCUT2D eigenvalue weighted by Gasteiger charge is -2.28. The van der Waals surface area contributed by atoms with Crippen molar-refractivity contribution in [3.05, 3.63) is 16.9 Å². The third kappa shape index (κ3) is 2.73. The van der Waals surface area contributed by atoms with Crippen LogP contribution in [0.2, 0.25) is 5.02 Å². The molecule has 1 unspecified atom stereocenters. The predicted molar refractivity (Wildman–Crippen MR) is 70.0 cm³/mol. The number of halogens is 2. The topological polar surface area (TPSA) is 64.5 Å². The molecule has 4 nitrogen and oxygen atoms in total. The summed E-state index contributed by atoms with van der Waals surface area (Å²) >= 11 is 5.77. The molecule has 6 heteroatoms. The third-order valence-electron chi connectivity index (χ3n) is 2.66. The van der Waals surface area contributed by atoms with E-state index in [0.29, 0.717) is 6.61 Å². The van der Waals surface area contributed by atoms with Crippen molar-refractivity contribution in [3.8, 4) is 0 Å². The van der Waals surface area contributed by atoms with Crippen LogP contribution in [-0.2, 0) is 4.74 Å². The van der Waals surface area contributed by atoms with Crippen LogP contribution in [-0.4, -0.2) is 26.8 Å². The van der Waals surface area contributed by atoms with Crippen LogP contribution in [0.25, 0.3) is 0 Å². The van der Waals surface area contributed by atoms with Crippen LogP contribution >= 0.6 is 11.6 Å². The van der Waals surface area contributed by atoms with Gasteiger partial charge in [0.25, 0.3) is 0 Å². The standard InChI is InChI=1S/C11H17ClFN3O/c1-6(5-17-3)16(2)11-8(15)4-7(14)9(12)10(11)13/h4,6H,5,14-15H2,1-3H3. The molecule has 0 aromatic heterocycles. The van der Waals surface area contributed by atoms with E-state index in [1.165, 1.54) is 6.07 Å². The fourth-order valence-corrected chi connectivity index (χ4v) is 1.73. The van der Waals surface area contributed by atoms with Gasteiger partial charge in [-0.05, 0) is 13.0 Å². The van der Waals surface area contributed by atoms with Crippen LogP contribution < -0.4 is 16.4 Å². The lowest BCUT2D eigenvalue weighted by atomic mass is 10.2. The van der Waals surface area contributed by atoms with Gasteiger partial charge in [-0.2, -0.15) is 0 Å². The zero-order valence-electron chi connectivity index (χ0n) is 10.1. The van der Waals surface area contributed by atoms with Crippen molar-refractivity contribution in [1.29, 1.82) is 0 Å². The van der Waals surface area contributed by atoms with Crippen molar-refractivity contribution in [2.45, 2.75) is 13.0 Å².